The molecular weight excluding hydrogens is 262 g/mol. The van der Waals surface area contributed by atoms with Gasteiger partial charge in [0.25, 0.3) is 0 Å². The third-order valence-electron chi connectivity index (χ3n) is 2.88. The third-order valence-corrected chi connectivity index (χ3v) is 3.12. The van der Waals surface area contributed by atoms with Crippen LogP contribution in [0.25, 0.3) is 0 Å². The topological polar surface area (TPSA) is 41.5 Å². The van der Waals surface area contributed by atoms with Gasteiger partial charge in [0.2, 0.25) is 0 Å². The van der Waals surface area contributed by atoms with Crippen LogP contribution in [-0.4, -0.2) is 30.5 Å². The van der Waals surface area contributed by atoms with Crippen molar-refractivity contribution in [3.8, 4) is 0 Å². The number of benzene rings is 1. The quantitative estimate of drug-likeness (QED) is 0.771. The predicted molar refractivity (Wildman–Crippen MR) is 79.6 cm³/mol. The first-order valence-electron chi connectivity index (χ1n) is 6.81. The summed E-state index contributed by atoms with van der Waals surface area (Å²) in [5.74, 6) is 0. The molecule has 0 aliphatic carbocycles. The number of rotatable bonds is 8. The van der Waals surface area contributed by atoms with Gasteiger partial charge in [-0.2, -0.15) is 0 Å². The third kappa shape index (κ3) is 6.39. The van der Waals surface area contributed by atoms with E-state index in [0.29, 0.717) is 13.2 Å². The molecule has 1 aromatic rings. The Morgan fingerprint density at radius 3 is 2.68 bits per heavy atom. The summed E-state index contributed by atoms with van der Waals surface area (Å²) in [6.07, 6.45) is 0.596. The lowest BCUT2D eigenvalue weighted by Crippen LogP contribution is -2.33. The van der Waals surface area contributed by atoms with Crippen LogP contribution in [0, 0.1) is 0 Å². The minimum absolute atomic E-state index is 0.143. The van der Waals surface area contributed by atoms with E-state index < -0.39 is 6.10 Å². The monoisotopic (exact) mass is 285 g/mol. The van der Waals surface area contributed by atoms with Crippen LogP contribution in [0.2, 0.25) is 5.02 Å². The minimum Gasteiger partial charge on any atom is -0.389 e. The van der Waals surface area contributed by atoms with E-state index in [1.165, 1.54) is 0 Å². The van der Waals surface area contributed by atoms with Gasteiger partial charge in [0.05, 0.1) is 18.8 Å². The minimum atomic E-state index is -0.490. The lowest BCUT2D eigenvalue weighted by atomic mass is 10.0. The molecule has 1 aromatic carbocycles. The molecule has 2 N–H and O–H groups in total. The fourth-order valence-corrected chi connectivity index (χ4v) is 2.06. The Labute approximate surface area is 120 Å². The van der Waals surface area contributed by atoms with E-state index in [2.05, 4.69) is 12.2 Å². The van der Waals surface area contributed by atoms with Gasteiger partial charge < -0.3 is 15.2 Å². The highest BCUT2D eigenvalue weighted by molar-refractivity contribution is 6.30. The number of aliphatic hydroxyl groups excluding tert-OH is 1. The zero-order chi connectivity index (χ0) is 14.3. The van der Waals surface area contributed by atoms with E-state index in [4.69, 9.17) is 16.3 Å². The fraction of sp³-hybridized carbons (Fsp3) is 0.600. The maximum atomic E-state index is 9.83. The first-order chi connectivity index (χ1) is 9.02. The Hall–Kier alpha value is -0.610. The molecule has 0 aliphatic heterocycles. The van der Waals surface area contributed by atoms with E-state index in [1.54, 1.807) is 0 Å². The van der Waals surface area contributed by atoms with Crippen molar-refractivity contribution in [2.45, 2.75) is 45.4 Å². The molecule has 108 valence electrons. The van der Waals surface area contributed by atoms with Crippen LogP contribution in [0.5, 0.6) is 0 Å². The lowest BCUT2D eigenvalue weighted by molar-refractivity contribution is 0.00538. The molecule has 0 saturated carbocycles. The average Bonchev–Trinajstić information content (AvgIpc) is 2.37. The van der Waals surface area contributed by atoms with Crippen molar-refractivity contribution >= 4 is 11.6 Å². The first kappa shape index (κ1) is 16.4. The molecule has 0 radical (unpaired) electrons. The Morgan fingerprint density at radius 2 is 2.11 bits per heavy atom. The zero-order valence-electron chi connectivity index (χ0n) is 11.9. The molecule has 0 heterocycles. The summed E-state index contributed by atoms with van der Waals surface area (Å²) in [5.41, 5.74) is 1.15. The molecule has 0 bridgehead atoms. The van der Waals surface area contributed by atoms with Gasteiger partial charge in [-0.05, 0) is 38.0 Å². The van der Waals surface area contributed by atoms with Crippen LogP contribution in [0.15, 0.2) is 24.3 Å². The second kappa shape index (κ2) is 8.54. The van der Waals surface area contributed by atoms with Crippen molar-refractivity contribution in [3.63, 3.8) is 0 Å². The molecular formula is C15H24ClNO2. The summed E-state index contributed by atoms with van der Waals surface area (Å²) in [4.78, 5) is 0. The molecule has 3 nitrogen and oxygen atoms in total. The molecule has 4 heteroatoms. The van der Waals surface area contributed by atoms with E-state index in [1.807, 2.05) is 38.1 Å². The normalized spacial score (nSPS) is 14.6. The molecule has 0 amide bonds. The number of ether oxygens (including phenoxy) is 1. The summed E-state index contributed by atoms with van der Waals surface area (Å²) < 4.78 is 5.38. The average molecular weight is 286 g/mol. The number of hydrogen-bond acceptors (Lipinski definition) is 3. The molecule has 0 aliphatic rings. The summed E-state index contributed by atoms with van der Waals surface area (Å²) in [5, 5.41) is 13.9. The maximum Gasteiger partial charge on any atom is 0.0898 e. The van der Waals surface area contributed by atoms with E-state index >= 15 is 0 Å². The second-order valence-corrected chi connectivity index (χ2v) is 5.40. The number of aliphatic hydroxyl groups is 1. The van der Waals surface area contributed by atoms with Gasteiger partial charge in [-0.15, -0.1) is 0 Å². The van der Waals surface area contributed by atoms with Crippen LogP contribution in [0.3, 0.4) is 0 Å². The van der Waals surface area contributed by atoms with Crippen molar-refractivity contribution in [3.05, 3.63) is 34.9 Å². The van der Waals surface area contributed by atoms with Gasteiger partial charge in [-0.25, -0.2) is 0 Å². The van der Waals surface area contributed by atoms with Crippen LogP contribution in [0.1, 0.15) is 38.8 Å². The largest absolute Gasteiger partial charge is 0.389 e. The van der Waals surface area contributed by atoms with Gasteiger partial charge in [-0.1, -0.05) is 30.7 Å². The Morgan fingerprint density at radius 1 is 1.37 bits per heavy atom. The van der Waals surface area contributed by atoms with Gasteiger partial charge in [0.1, 0.15) is 0 Å². The number of nitrogens with one attached hydrogen (secondary N) is 1. The number of halogens is 1. The standard InChI is InChI=1S/C15H24ClNO2/c1-4-15(12-6-5-7-13(16)8-12)17-9-14(18)10-19-11(2)3/h5-8,11,14-15,17-18H,4,9-10H2,1-3H3. The van der Waals surface area contributed by atoms with Crippen molar-refractivity contribution in [1.29, 1.82) is 0 Å². The van der Waals surface area contributed by atoms with Crippen molar-refractivity contribution in [2.24, 2.45) is 0 Å². The Balaban J connectivity index is 2.44. The van der Waals surface area contributed by atoms with Gasteiger partial charge in [0, 0.05) is 17.6 Å². The summed E-state index contributed by atoms with van der Waals surface area (Å²) in [6.45, 7) is 6.89. The molecule has 0 aromatic heterocycles. The van der Waals surface area contributed by atoms with Crippen LogP contribution in [0.4, 0.5) is 0 Å². The van der Waals surface area contributed by atoms with Gasteiger partial charge in [-0.3, -0.25) is 0 Å². The Kier molecular flexibility index (Phi) is 7.39. The predicted octanol–water partition coefficient (Wildman–Crippen LogP) is 3.17. The number of hydrogen-bond donors (Lipinski definition) is 2. The fourth-order valence-electron chi connectivity index (χ4n) is 1.86. The summed E-state index contributed by atoms with van der Waals surface area (Å²) in [7, 11) is 0. The van der Waals surface area contributed by atoms with Crippen molar-refractivity contribution < 1.29 is 9.84 Å². The highest BCUT2D eigenvalue weighted by atomic mass is 35.5. The highest BCUT2D eigenvalue weighted by Gasteiger charge is 2.12. The zero-order valence-corrected chi connectivity index (χ0v) is 12.7. The van der Waals surface area contributed by atoms with E-state index in [-0.39, 0.29) is 12.1 Å². The van der Waals surface area contributed by atoms with Crippen LogP contribution >= 0.6 is 11.6 Å². The van der Waals surface area contributed by atoms with Crippen molar-refractivity contribution in [1.82, 2.24) is 5.32 Å². The first-order valence-corrected chi connectivity index (χ1v) is 7.19. The Bertz CT molecular complexity index is 371. The van der Waals surface area contributed by atoms with Crippen LogP contribution < -0.4 is 5.32 Å². The van der Waals surface area contributed by atoms with Gasteiger partial charge >= 0.3 is 0 Å². The molecule has 2 unspecified atom stereocenters. The van der Waals surface area contributed by atoms with Gasteiger partial charge in [0.15, 0.2) is 0 Å². The molecule has 2 atom stereocenters. The SMILES string of the molecule is CCC(NCC(O)COC(C)C)c1cccc(Cl)c1. The maximum absolute atomic E-state index is 9.83. The summed E-state index contributed by atoms with van der Waals surface area (Å²) in [6, 6.07) is 8.01. The lowest BCUT2D eigenvalue weighted by Gasteiger charge is -2.20. The molecule has 0 spiro atoms. The highest BCUT2D eigenvalue weighted by Crippen LogP contribution is 2.20. The second-order valence-electron chi connectivity index (χ2n) is 4.96. The molecule has 0 fully saturated rings. The van der Waals surface area contributed by atoms with Crippen LogP contribution in [-0.2, 0) is 4.74 Å². The smallest absolute Gasteiger partial charge is 0.0898 e. The van der Waals surface area contributed by atoms with E-state index in [9.17, 15) is 5.11 Å². The van der Waals surface area contributed by atoms with E-state index in [0.717, 1.165) is 17.0 Å². The summed E-state index contributed by atoms with van der Waals surface area (Å²) >= 11 is 6.00. The van der Waals surface area contributed by atoms with Crippen molar-refractivity contribution in [2.75, 3.05) is 13.2 Å². The molecule has 1 rings (SSSR count). The molecule has 19 heavy (non-hydrogen) atoms. The molecule has 0 saturated heterocycles.